The number of aliphatic hydroxyl groups excluding tert-OH is 1. The third kappa shape index (κ3) is 2.82. The van der Waals surface area contributed by atoms with Crippen molar-refractivity contribution in [2.45, 2.75) is 12.3 Å². The summed E-state index contributed by atoms with van der Waals surface area (Å²) in [7, 11) is 0. The van der Waals surface area contributed by atoms with Gasteiger partial charge in [-0.2, -0.15) is 13.2 Å². The summed E-state index contributed by atoms with van der Waals surface area (Å²) in [5.74, 6) is 0. The molecule has 2 heterocycles. The van der Waals surface area contributed by atoms with E-state index in [9.17, 15) is 18.3 Å². The minimum absolute atomic E-state index is 0.154. The SMILES string of the molecule is OC(c1ccc(C(F)(F)F)cn1)c1ccc(Cl)s1. The van der Waals surface area contributed by atoms with E-state index >= 15 is 0 Å². The number of aromatic nitrogens is 1. The van der Waals surface area contributed by atoms with Gasteiger partial charge in [0, 0.05) is 11.1 Å². The van der Waals surface area contributed by atoms with Crippen LogP contribution in [0.3, 0.4) is 0 Å². The Balaban J connectivity index is 2.24. The monoisotopic (exact) mass is 293 g/mol. The van der Waals surface area contributed by atoms with E-state index in [0.29, 0.717) is 15.4 Å². The van der Waals surface area contributed by atoms with Crippen molar-refractivity contribution in [1.82, 2.24) is 4.98 Å². The van der Waals surface area contributed by atoms with E-state index in [2.05, 4.69) is 4.98 Å². The number of rotatable bonds is 2. The quantitative estimate of drug-likeness (QED) is 0.911. The summed E-state index contributed by atoms with van der Waals surface area (Å²) in [4.78, 5) is 4.16. The molecule has 0 saturated carbocycles. The smallest absolute Gasteiger partial charge is 0.381 e. The van der Waals surface area contributed by atoms with E-state index in [0.717, 1.165) is 23.5 Å². The average molecular weight is 294 g/mol. The van der Waals surface area contributed by atoms with Crippen molar-refractivity contribution in [2.75, 3.05) is 0 Å². The molecule has 0 aliphatic carbocycles. The fraction of sp³-hybridized carbons (Fsp3) is 0.182. The molecule has 2 rings (SSSR count). The predicted molar refractivity (Wildman–Crippen MR) is 62.6 cm³/mol. The van der Waals surface area contributed by atoms with Crippen LogP contribution >= 0.6 is 22.9 Å². The minimum atomic E-state index is -4.43. The van der Waals surface area contributed by atoms with Gasteiger partial charge in [0.2, 0.25) is 0 Å². The van der Waals surface area contributed by atoms with Gasteiger partial charge < -0.3 is 5.11 Å². The molecule has 0 aromatic carbocycles. The number of pyridine rings is 1. The Kier molecular flexibility index (Phi) is 3.61. The molecule has 2 aromatic heterocycles. The number of nitrogens with zero attached hydrogens (tertiary/aromatic N) is 1. The molecule has 0 radical (unpaired) electrons. The lowest BCUT2D eigenvalue weighted by Crippen LogP contribution is -2.07. The lowest BCUT2D eigenvalue weighted by Gasteiger charge is -2.10. The van der Waals surface area contributed by atoms with E-state index in [1.165, 1.54) is 0 Å². The Bertz CT molecular complexity index is 538. The van der Waals surface area contributed by atoms with Crippen LogP contribution in [0.2, 0.25) is 4.34 Å². The maximum absolute atomic E-state index is 12.3. The first-order valence-corrected chi connectivity index (χ1v) is 6.04. The summed E-state index contributed by atoms with van der Waals surface area (Å²) in [6.45, 7) is 0. The van der Waals surface area contributed by atoms with Crippen molar-refractivity contribution in [3.05, 3.63) is 50.9 Å². The van der Waals surface area contributed by atoms with Crippen molar-refractivity contribution in [1.29, 1.82) is 0 Å². The topological polar surface area (TPSA) is 33.1 Å². The highest BCUT2D eigenvalue weighted by Gasteiger charge is 2.31. The Morgan fingerprint density at radius 2 is 1.94 bits per heavy atom. The Hall–Kier alpha value is -1.11. The van der Waals surface area contributed by atoms with Gasteiger partial charge in [-0.3, -0.25) is 4.98 Å². The van der Waals surface area contributed by atoms with Gasteiger partial charge >= 0.3 is 6.18 Å². The van der Waals surface area contributed by atoms with Crippen molar-refractivity contribution in [3.63, 3.8) is 0 Å². The zero-order chi connectivity index (χ0) is 13.3. The van der Waals surface area contributed by atoms with Crippen LogP contribution in [0.4, 0.5) is 13.2 Å². The fourth-order valence-electron chi connectivity index (χ4n) is 1.36. The van der Waals surface area contributed by atoms with Gasteiger partial charge in [-0.1, -0.05) is 11.6 Å². The standard InChI is InChI=1S/C11H7ClF3NOS/c12-9-4-3-8(18-9)10(17)7-2-1-6(5-16-7)11(13,14)15/h1-5,10,17H. The van der Waals surface area contributed by atoms with Crippen molar-refractivity contribution >= 4 is 22.9 Å². The van der Waals surface area contributed by atoms with Gasteiger partial charge in [0.15, 0.2) is 0 Å². The van der Waals surface area contributed by atoms with Crippen LogP contribution in [0.5, 0.6) is 0 Å². The van der Waals surface area contributed by atoms with Gasteiger partial charge in [-0.05, 0) is 24.3 Å². The second kappa shape index (κ2) is 4.87. The zero-order valence-corrected chi connectivity index (χ0v) is 10.4. The van der Waals surface area contributed by atoms with Crippen LogP contribution in [0.1, 0.15) is 22.2 Å². The van der Waals surface area contributed by atoms with Gasteiger partial charge in [0.05, 0.1) is 15.6 Å². The van der Waals surface area contributed by atoms with E-state index in [1.807, 2.05) is 0 Å². The molecule has 0 spiro atoms. The first-order chi connectivity index (χ1) is 8.38. The first kappa shape index (κ1) is 13.3. The third-order valence-electron chi connectivity index (χ3n) is 2.26. The summed E-state index contributed by atoms with van der Waals surface area (Å²) in [5, 5.41) is 9.91. The summed E-state index contributed by atoms with van der Waals surface area (Å²) in [6, 6.07) is 5.26. The largest absolute Gasteiger partial charge is 0.417 e. The Morgan fingerprint density at radius 3 is 2.39 bits per heavy atom. The van der Waals surface area contributed by atoms with Crippen LogP contribution < -0.4 is 0 Å². The maximum Gasteiger partial charge on any atom is 0.417 e. The number of thiophene rings is 1. The molecule has 7 heteroatoms. The van der Waals surface area contributed by atoms with E-state index in [1.54, 1.807) is 12.1 Å². The average Bonchev–Trinajstić information content (AvgIpc) is 2.74. The molecule has 0 aliphatic heterocycles. The number of hydrogen-bond donors (Lipinski definition) is 1. The van der Waals surface area contributed by atoms with Crippen LogP contribution in [0.15, 0.2) is 30.5 Å². The van der Waals surface area contributed by atoms with Gasteiger partial charge in [-0.15, -0.1) is 11.3 Å². The molecule has 0 saturated heterocycles. The van der Waals surface area contributed by atoms with Crippen molar-refractivity contribution in [3.8, 4) is 0 Å². The minimum Gasteiger partial charge on any atom is -0.381 e. The highest BCUT2D eigenvalue weighted by Crippen LogP contribution is 2.32. The number of hydrogen-bond acceptors (Lipinski definition) is 3. The van der Waals surface area contributed by atoms with E-state index < -0.39 is 17.8 Å². The number of alkyl halides is 3. The molecular formula is C11H7ClF3NOS. The molecule has 0 aliphatic rings. The summed E-state index contributed by atoms with van der Waals surface area (Å²) < 4.78 is 37.5. The highest BCUT2D eigenvalue weighted by molar-refractivity contribution is 7.16. The molecule has 96 valence electrons. The highest BCUT2D eigenvalue weighted by atomic mass is 35.5. The number of aliphatic hydroxyl groups is 1. The molecule has 2 nitrogen and oxygen atoms in total. The van der Waals surface area contributed by atoms with Crippen LogP contribution in [-0.2, 0) is 6.18 Å². The maximum atomic E-state index is 12.3. The Morgan fingerprint density at radius 1 is 1.22 bits per heavy atom. The van der Waals surface area contributed by atoms with E-state index in [4.69, 9.17) is 11.6 Å². The predicted octanol–water partition coefficient (Wildman–Crippen LogP) is 3.90. The molecule has 0 fully saturated rings. The van der Waals surface area contributed by atoms with Gasteiger partial charge in [-0.25, -0.2) is 0 Å². The summed E-state index contributed by atoms with van der Waals surface area (Å²) in [5.41, 5.74) is -0.691. The lowest BCUT2D eigenvalue weighted by atomic mass is 10.1. The molecule has 0 amide bonds. The summed E-state index contributed by atoms with van der Waals surface area (Å²) in [6.07, 6.45) is -4.79. The molecule has 1 atom stereocenters. The second-order valence-electron chi connectivity index (χ2n) is 3.51. The molecule has 1 N–H and O–H groups in total. The van der Waals surface area contributed by atoms with Gasteiger partial charge in [0.25, 0.3) is 0 Å². The zero-order valence-electron chi connectivity index (χ0n) is 8.78. The van der Waals surface area contributed by atoms with Crippen LogP contribution in [-0.4, -0.2) is 10.1 Å². The first-order valence-electron chi connectivity index (χ1n) is 4.84. The summed E-state index contributed by atoms with van der Waals surface area (Å²) >= 11 is 6.87. The van der Waals surface area contributed by atoms with Crippen molar-refractivity contribution < 1.29 is 18.3 Å². The molecule has 1 unspecified atom stereocenters. The lowest BCUT2D eigenvalue weighted by molar-refractivity contribution is -0.137. The fourth-order valence-corrected chi connectivity index (χ4v) is 2.42. The van der Waals surface area contributed by atoms with Crippen molar-refractivity contribution in [2.24, 2.45) is 0 Å². The normalized spacial score (nSPS) is 13.6. The van der Waals surface area contributed by atoms with Crippen LogP contribution in [0.25, 0.3) is 0 Å². The third-order valence-corrected chi connectivity index (χ3v) is 3.54. The molecule has 18 heavy (non-hydrogen) atoms. The van der Waals surface area contributed by atoms with E-state index in [-0.39, 0.29) is 5.69 Å². The molecule has 0 bridgehead atoms. The van der Waals surface area contributed by atoms with Crippen LogP contribution in [0, 0.1) is 0 Å². The molecular weight excluding hydrogens is 287 g/mol. The molecule has 2 aromatic rings. The second-order valence-corrected chi connectivity index (χ2v) is 5.26. The Labute approximate surface area is 110 Å². The number of halogens is 4. The van der Waals surface area contributed by atoms with Gasteiger partial charge in [0.1, 0.15) is 6.10 Å².